The lowest BCUT2D eigenvalue weighted by Crippen LogP contribution is -2.16. The van der Waals surface area contributed by atoms with Crippen LogP contribution in [0, 0.1) is 6.92 Å². The number of carbonyl (C=O) groups is 1. The second-order valence-electron chi connectivity index (χ2n) is 4.60. The predicted octanol–water partition coefficient (Wildman–Crippen LogP) is 3.65. The van der Waals surface area contributed by atoms with Crippen LogP contribution in [0.25, 0.3) is 0 Å². The van der Waals surface area contributed by atoms with E-state index in [0.717, 1.165) is 6.07 Å². The molecule has 126 valence electrons. The number of carbonyl (C=O) groups excluding carboxylic acids is 1. The van der Waals surface area contributed by atoms with E-state index in [4.69, 9.17) is 5.73 Å². The van der Waals surface area contributed by atoms with Crippen LogP contribution in [0.5, 0.6) is 0 Å². The monoisotopic (exact) mass is 365 g/mol. The van der Waals surface area contributed by atoms with Crippen molar-refractivity contribution in [1.82, 2.24) is 4.98 Å². The summed E-state index contributed by atoms with van der Waals surface area (Å²) in [4.78, 5) is 16.2. The Balaban J connectivity index is 0.00000264. The van der Waals surface area contributed by atoms with Crippen LogP contribution in [-0.4, -0.2) is 17.4 Å². The van der Waals surface area contributed by atoms with E-state index >= 15 is 0 Å². The molecule has 4 nitrogen and oxygen atoms in total. The molecule has 3 N–H and O–H groups in total. The Bertz CT molecular complexity index is 688. The minimum absolute atomic E-state index is 0. The molecule has 1 amide bonds. The molecule has 0 atom stereocenters. The summed E-state index contributed by atoms with van der Waals surface area (Å²) in [5.41, 5.74) is 4.90. The second kappa shape index (κ2) is 7.76. The molecule has 0 radical (unpaired) electrons. The van der Waals surface area contributed by atoms with Gasteiger partial charge >= 0.3 is 6.18 Å². The maximum atomic E-state index is 12.8. The molecule has 0 unspecified atom stereocenters. The Labute approximate surface area is 141 Å². The summed E-state index contributed by atoms with van der Waals surface area (Å²) >= 11 is 1.29. The number of amides is 1. The van der Waals surface area contributed by atoms with Gasteiger partial charge in [-0.3, -0.25) is 4.79 Å². The summed E-state index contributed by atoms with van der Waals surface area (Å²) in [6, 6.07) is 3.66. The van der Waals surface area contributed by atoms with Gasteiger partial charge in [-0.15, -0.1) is 23.7 Å². The van der Waals surface area contributed by atoms with E-state index in [0.29, 0.717) is 18.0 Å². The lowest BCUT2D eigenvalue weighted by molar-refractivity contribution is -0.138. The summed E-state index contributed by atoms with van der Waals surface area (Å²) < 4.78 is 38.5. The van der Waals surface area contributed by atoms with Crippen molar-refractivity contribution in [3.05, 3.63) is 45.4 Å². The number of nitrogens with one attached hydrogen (secondary N) is 1. The molecule has 0 aliphatic heterocycles. The van der Waals surface area contributed by atoms with E-state index in [1.807, 2.05) is 0 Å². The third-order valence-electron chi connectivity index (χ3n) is 3.03. The fraction of sp³-hybridized carbons (Fsp3) is 0.286. The molecule has 1 aromatic heterocycles. The quantitative estimate of drug-likeness (QED) is 0.869. The van der Waals surface area contributed by atoms with Gasteiger partial charge in [0.1, 0.15) is 5.69 Å². The number of hydrogen-bond donors (Lipinski definition) is 2. The van der Waals surface area contributed by atoms with Gasteiger partial charge in [-0.2, -0.15) is 13.2 Å². The summed E-state index contributed by atoms with van der Waals surface area (Å²) in [7, 11) is 0. The number of thiazole rings is 1. The second-order valence-corrected chi connectivity index (χ2v) is 5.54. The molecule has 1 aromatic carbocycles. The number of alkyl halides is 3. The molecular weight excluding hydrogens is 351 g/mol. The number of halogens is 4. The molecule has 23 heavy (non-hydrogen) atoms. The molecule has 0 saturated carbocycles. The van der Waals surface area contributed by atoms with Crippen LogP contribution in [0.2, 0.25) is 0 Å². The molecule has 2 rings (SSSR count). The van der Waals surface area contributed by atoms with Crippen LogP contribution >= 0.6 is 23.7 Å². The highest BCUT2D eigenvalue weighted by atomic mass is 35.5. The Kier molecular flexibility index (Phi) is 6.55. The Morgan fingerprint density at radius 1 is 1.39 bits per heavy atom. The van der Waals surface area contributed by atoms with Gasteiger partial charge in [0, 0.05) is 17.5 Å². The van der Waals surface area contributed by atoms with Crippen LogP contribution in [-0.2, 0) is 12.6 Å². The van der Waals surface area contributed by atoms with Crippen LogP contribution in [0.3, 0.4) is 0 Å². The molecule has 0 fully saturated rings. The van der Waals surface area contributed by atoms with Crippen molar-refractivity contribution in [2.24, 2.45) is 5.73 Å². The topological polar surface area (TPSA) is 68.0 Å². The van der Waals surface area contributed by atoms with Gasteiger partial charge in [0.05, 0.1) is 10.6 Å². The minimum atomic E-state index is -4.46. The van der Waals surface area contributed by atoms with Gasteiger partial charge in [0.15, 0.2) is 0 Å². The fourth-order valence-electron chi connectivity index (χ4n) is 1.92. The van der Waals surface area contributed by atoms with Crippen molar-refractivity contribution in [2.75, 3.05) is 11.9 Å². The SMILES string of the molecule is Cc1c(NC(=O)c2csc(CCN)n2)cccc1C(F)(F)F.Cl. The van der Waals surface area contributed by atoms with Crippen molar-refractivity contribution in [1.29, 1.82) is 0 Å². The first-order valence-corrected chi connectivity index (χ1v) is 7.33. The zero-order chi connectivity index (χ0) is 16.3. The zero-order valence-corrected chi connectivity index (χ0v) is 13.7. The highest BCUT2D eigenvalue weighted by Gasteiger charge is 2.33. The zero-order valence-electron chi connectivity index (χ0n) is 12.1. The Hall–Kier alpha value is -1.64. The van der Waals surface area contributed by atoms with Gasteiger partial charge in [-0.1, -0.05) is 6.07 Å². The van der Waals surface area contributed by atoms with Crippen LogP contribution < -0.4 is 11.1 Å². The van der Waals surface area contributed by atoms with Crippen molar-refractivity contribution in [2.45, 2.75) is 19.5 Å². The van der Waals surface area contributed by atoms with Crippen LogP contribution in [0.1, 0.15) is 26.6 Å². The highest BCUT2D eigenvalue weighted by Crippen LogP contribution is 2.34. The average molecular weight is 366 g/mol. The smallest absolute Gasteiger partial charge is 0.330 e. The fourth-order valence-corrected chi connectivity index (χ4v) is 2.71. The first kappa shape index (κ1) is 19.4. The third kappa shape index (κ3) is 4.66. The summed E-state index contributed by atoms with van der Waals surface area (Å²) in [5.74, 6) is -0.540. The molecule has 9 heteroatoms. The summed E-state index contributed by atoms with van der Waals surface area (Å²) in [6.45, 7) is 1.74. The first-order chi connectivity index (χ1) is 10.3. The van der Waals surface area contributed by atoms with E-state index in [1.54, 1.807) is 5.38 Å². The van der Waals surface area contributed by atoms with E-state index < -0.39 is 17.6 Å². The van der Waals surface area contributed by atoms with Crippen molar-refractivity contribution >= 4 is 35.3 Å². The van der Waals surface area contributed by atoms with Gasteiger partial charge in [-0.25, -0.2) is 4.98 Å². The van der Waals surface area contributed by atoms with Crippen molar-refractivity contribution in [3.63, 3.8) is 0 Å². The maximum Gasteiger partial charge on any atom is 0.416 e. The number of hydrogen-bond acceptors (Lipinski definition) is 4. The van der Waals surface area contributed by atoms with Gasteiger partial charge in [0.2, 0.25) is 0 Å². The number of nitrogens with zero attached hydrogens (tertiary/aromatic N) is 1. The lowest BCUT2D eigenvalue weighted by atomic mass is 10.1. The number of anilines is 1. The molecule has 0 aliphatic rings. The van der Waals surface area contributed by atoms with Crippen LogP contribution in [0.15, 0.2) is 23.6 Å². The maximum absolute atomic E-state index is 12.8. The molecular formula is C14H15ClF3N3OS. The van der Waals surface area contributed by atoms with Gasteiger partial charge < -0.3 is 11.1 Å². The first-order valence-electron chi connectivity index (χ1n) is 6.45. The molecule has 2 aromatic rings. The highest BCUT2D eigenvalue weighted by molar-refractivity contribution is 7.09. The number of benzene rings is 1. The summed E-state index contributed by atoms with van der Waals surface area (Å²) in [5, 5.41) is 4.74. The molecule has 0 aliphatic carbocycles. The van der Waals surface area contributed by atoms with E-state index in [2.05, 4.69) is 10.3 Å². The number of nitrogens with two attached hydrogens (primary N) is 1. The van der Waals surface area contributed by atoms with E-state index in [9.17, 15) is 18.0 Å². The van der Waals surface area contributed by atoms with Crippen molar-refractivity contribution in [3.8, 4) is 0 Å². The molecule has 0 spiro atoms. The van der Waals surface area contributed by atoms with Crippen molar-refractivity contribution < 1.29 is 18.0 Å². The standard InChI is InChI=1S/C14H14F3N3OS.ClH/c1-8-9(14(15,16)17)3-2-4-10(8)20-13(21)11-7-22-12(19-11)5-6-18;/h2-4,7H,5-6,18H2,1H3,(H,20,21);1H. The van der Waals surface area contributed by atoms with E-state index in [1.165, 1.54) is 30.4 Å². The minimum Gasteiger partial charge on any atom is -0.330 e. The lowest BCUT2D eigenvalue weighted by Gasteiger charge is -2.14. The molecule has 1 heterocycles. The van der Waals surface area contributed by atoms with E-state index in [-0.39, 0.29) is 29.4 Å². The predicted molar refractivity (Wildman–Crippen MR) is 86.3 cm³/mol. The molecule has 0 saturated heterocycles. The van der Waals surface area contributed by atoms with Gasteiger partial charge in [0.25, 0.3) is 5.91 Å². The van der Waals surface area contributed by atoms with Crippen LogP contribution in [0.4, 0.5) is 18.9 Å². The Morgan fingerprint density at radius 3 is 2.70 bits per heavy atom. The number of rotatable bonds is 4. The molecule has 0 bridgehead atoms. The largest absolute Gasteiger partial charge is 0.416 e. The van der Waals surface area contributed by atoms with Gasteiger partial charge in [-0.05, 0) is 31.2 Å². The Morgan fingerprint density at radius 2 is 2.09 bits per heavy atom. The average Bonchev–Trinajstić information content (AvgIpc) is 2.89. The normalized spacial score (nSPS) is 11.0. The number of aromatic nitrogens is 1. The summed E-state index contributed by atoms with van der Waals surface area (Å²) in [6.07, 6.45) is -3.90. The third-order valence-corrected chi connectivity index (χ3v) is 3.94.